The Morgan fingerprint density at radius 1 is 1.53 bits per heavy atom. The molecule has 0 spiro atoms. The molecule has 0 saturated carbocycles. The number of anilines is 1. The zero-order valence-electron chi connectivity index (χ0n) is 10.4. The number of nitrogens with zero attached hydrogens (tertiary/aromatic N) is 3. The summed E-state index contributed by atoms with van der Waals surface area (Å²) in [4.78, 5) is 20.9. The van der Waals surface area contributed by atoms with Gasteiger partial charge >= 0.3 is 5.97 Å². The molecule has 3 N–H and O–H groups in total. The van der Waals surface area contributed by atoms with Crippen molar-refractivity contribution in [3.8, 4) is 0 Å². The van der Waals surface area contributed by atoms with Gasteiger partial charge in [-0.2, -0.15) is 0 Å². The van der Waals surface area contributed by atoms with Crippen LogP contribution in [0.5, 0.6) is 0 Å². The van der Waals surface area contributed by atoms with Crippen LogP contribution in [0.15, 0.2) is 29.9 Å². The number of hydrogen-bond acceptors (Lipinski definition) is 6. The van der Waals surface area contributed by atoms with E-state index in [4.69, 9.17) is 10.8 Å². The van der Waals surface area contributed by atoms with Gasteiger partial charge in [-0.05, 0) is 17.7 Å². The van der Waals surface area contributed by atoms with Gasteiger partial charge in [0.15, 0.2) is 5.13 Å². The number of carboxylic acid groups (broad SMARTS) is 1. The van der Waals surface area contributed by atoms with Gasteiger partial charge in [0.05, 0.1) is 5.69 Å². The van der Waals surface area contributed by atoms with Gasteiger partial charge in [0, 0.05) is 31.4 Å². The molecule has 2 rings (SSSR count). The maximum absolute atomic E-state index is 10.8. The molecule has 1 atom stereocenters. The maximum atomic E-state index is 10.8. The van der Waals surface area contributed by atoms with Crippen LogP contribution in [-0.4, -0.2) is 28.1 Å². The molecule has 0 fully saturated rings. The van der Waals surface area contributed by atoms with E-state index in [-0.39, 0.29) is 0 Å². The van der Waals surface area contributed by atoms with Gasteiger partial charge in [-0.3, -0.25) is 9.78 Å². The summed E-state index contributed by atoms with van der Waals surface area (Å²) in [5, 5.41) is 11.3. The summed E-state index contributed by atoms with van der Waals surface area (Å²) in [6, 6.07) is 2.78. The Kier molecular flexibility index (Phi) is 4.08. The highest BCUT2D eigenvalue weighted by molar-refractivity contribution is 7.13. The second kappa shape index (κ2) is 5.77. The Hall–Kier alpha value is -1.99. The molecule has 2 heterocycles. The second-order valence-electron chi connectivity index (χ2n) is 4.08. The van der Waals surface area contributed by atoms with Crippen LogP contribution >= 0.6 is 11.3 Å². The van der Waals surface area contributed by atoms with Gasteiger partial charge in [0.25, 0.3) is 0 Å². The minimum absolute atomic E-state index is 0.383. The second-order valence-corrected chi connectivity index (χ2v) is 4.92. The first-order valence-corrected chi connectivity index (χ1v) is 6.49. The highest BCUT2D eigenvalue weighted by atomic mass is 32.1. The van der Waals surface area contributed by atoms with E-state index in [2.05, 4.69) is 9.97 Å². The van der Waals surface area contributed by atoms with Gasteiger partial charge in [0.2, 0.25) is 0 Å². The highest BCUT2D eigenvalue weighted by Gasteiger charge is 2.18. The summed E-state index contributed by atoms with van der Waals surface area (Å²) >= 11 is 1.38. The summed E-state index contributed by atoms with van der Waals surface area (Å²) in [6.45, 7) is 0.678. The van der Waals surface area contributed by atoms with Gasteiger partial charge in [-0.1, -0.05) is 0 Å². The van der Waals surface area contributed by atoms with Gasteiger partial charge in [-0.15, -0.1) is 11.3 Å². The van der Waals surface area contributed by atoms with Crippen LogP contribution in [0.2, 0.25) is 0 Å². The predicted octanol–water partition coefficient (Wildman–Crippen LogP) is 1.26. The van der Waals surface area contributed by atoms with Crippen LogP contribution in [0.4, 0.5) is 5.13 Å². The van der Waals surface area contributed by atoms with Crippen molar-refractivity contribution in [1.82, 2.24) is 9.97 Å². The number of nitrogens with two attached hydrogens (primary N) is 1. The van der Waals surface area contributed by atoms with Crippen LogP contribution in [0.1, 0.15) is 17.3 Å². The van der Waals surface area contributed by atoms with Crippen molar-refractivity contribution >= 4 is 22.4 Å². The standard InChI is InChI=1S/C12H14N4O2S/c1-16(6-8-2-4-14-5-3-8)12-15-9(7-19-12)10(13)11(17)18/h2-5,7,10H,6,13H2,1H3,(H,17,18). The molecule has 0 aliphatic rings. The fourth-order valence-corrected chi connectivity index (χ4v) is 2.38. The van der Waals surface area contributed by atoms with E-state index in [9.17, 15) is 4.79 Å². The monoisotopic (exact) mass is 278 g/mol. The van der Waals surface area contributed by atoms with Crippen molar-refractivity contribution in [3.63, 3.8) is 0 Å². The molecule has 19 heavy (non-hydrogen) atoms. The predicted molar refractivity (Wildman–Crippen MR) is 73.0 cm³/mol. The summed E-state index contributed by atoms with van der Waals surface area (Å²) in [6.07, 6.45) is 3.47. The largest absolute Gasteiger partial charge is 0.480 e. The third-order valence-corrected chi connectivity index (χ3v) is 3.56. The summed E-state index contributed by atoms with van der Waals surface area (Å²) in [7, 11) is 1.90. The molecule has 6 nitrogen and oxygen atoms in total. The van der Waals surface area contributed by atoms with Gasteiger partial charge in [-0.25, -0.2) is 4.98 Å². The SMILES string of the molecule is CN(Cc1ccncc1)c1nc(C(N)C(=O)O)cs1. The number of pyridine rings is 1. The van der Waals surface area contributed by atoms with Gasteiger partial charge in [0.1, 0.15) is 6.04 Å². The van der Waals surface area contributed by atoms with Crippen molar-refractivity contribution in [3.05, 3.63) is 41.2 Å². The van der Waals surface area contributed by atoms with E-state index < -0.39 is 12.0 Å². The summed E-state index contributed by atoms with van der Waals surface area (Å²) < 4.78 is 0. The molecule has 0 bridgehead atoms. The van der Waals surface area contributed by atoms with E-state index in [1.165, 1.54) is 11.3 Å². The number of carbonyl (C=O) groups is 1. The molecule has 0 aromatic carbocycles. The van der Waals surface area contributed by atoms with Crippen LogP contribution in [0, 0.1) is 0 Å². The fourth-order valence-electron chi connectivity index (χ4n) is 1.55. The minimum Gasteiger partial charge on any atom is -0.480 e. The molecule has 100 valence electrons. The molecular weight excluding hydrogens is 264 g/mol. The van der Waals surface area contributed by atoms with Crippen LogP contribution in [-0.2, 0) is 11.3 Å². The van der Waals surface area contributed by atoms with E-state index in [0.29, 0.717) is 12.2 Å². The lowest BCUT2D eigenvalue weighted by molar-refractivity contribution is -0.138. The van der Waals surface area contributed by atoms with E-state index in [1.807, 2.05) is 24.1 Å². The first-order chi connectivity index (χ1) is 9.08. The average molecular weight is 278 g/mol. The van der Waals surface area contributed by atoms with Gasteiger partial charge < -0.3 is 15.7 Å². The first kappa shape index (κ1) is 13.4. The van der Waals surface area contributed by atoms with Crippen LogP contribution < -0.4 is 10.6 Å². The third-order valence-electron chi connectivity index (χ3n) is 2.59. The van der Waals surface area contributed by atoms with Crippen molar-refractivity contribution in [2.75, 3.05) is 11.9 Å². The Morgan fingerprint density at radius 3 is 2.84 bits per heavy atom. The van der Waals surface area contributed by atoms with Crippen molar-refractivity contribution < 1.29 is 9.90 Å². The Bertz CT molecular complexity index is 558. The average Bonchev–Trinajstić information content (AvgIpc) is 2.88. The van der Waals surface area contributed by atoms with E-state index >= 15 is 0 Å². The zero-order valence-corrected chi connectivity index (χ0v) is 11.2. The maximum Gasteiger partial charge on any atom is 0.326 e. The quantitative estimate of drug-likeness (QED) is 0.855. The zero-order chi connectivity index (χ0) is 13.8. The molecular formula is C12H14N4O2S. The first-order valence-electron chi connectivity index (χ1n) is 5.62. The topological polar surface area (TPSA) is 92.3 Å². The molecule has 0 radical (unpaired) electrons. The number of carboxylic acids is 1. The lowest BCUT2D eigenvalue weighted by Gasteiger charge is -2.15. The number of aromatic nitrogens is 2. The van der Waals surface area contributed by atoms with Crippen LogP contribution in [0.25, 0.3) is 0 Å². The lowest BCUT2D eigenvalue weighted by atomic mass is 10.2. The normalized spacial score (nSPS) is 12.1. The molecule has 1 unspecified atom stereocenters. The summed E-state index contributed by atoms with van der Waals surface area (Å²) in [5.41, 5.74) is 7.01. The van der Waals surface area contributed by atoms with Crippen molar-refractivity contribution in [2.45, 2.75) is 12.6 Å². The smallest absolute Gasteiger partial charge is 0.326 e. The molecule has 0 amide bonds. The van der Waals surface area contributed by atoms with Crippen molar-refractivity contribution in [1.29, 1.82) is 0 Å². The molecule has 7 heteroatoms. The molecule has 2 aromatic heterocycles. The third kappa shape index (κ3) is 3.27. The number of rotatable bonds is 5. The fraction of sp³-hybridized carbons (Fsp3) is 0.250. The number of thiazole rings is 1. The minimum atomic E-state index is -1.08. The Balaban J connectivity index is 2.08. The number of hydrogen-bond donors (Lipinski definition) is 2. The van der Waals surface area contributed by atoms with E-state index in [0.717, 1.165) is 10.7 Å². The molecule has 0 aliphatic heterocycles. The Morgan fingerprint density at radius 2 is 2.21 bits per heavy atom. The number of aliphatic carboxylic acids is 1. The molecule has 0 saturated heterocycles. The Labute approximate surface area is 114 Å². The summed E-state index contributed by atoms with van der Waals surface area (Å²) in [5.74, 6) is -1.08. The molecule has 0 aliphatic carbocycles. The lowest BCUT2D eigenvalue weighted by Crippen LogP contribution is -2.21. The van der Waals surface area contributed by atoms with E-state index in [1.54, 1.807) is 17.8 Å². The van der Waals surface area contributed by atoms with Crippen molar-refractivity contribution in [2.24, 2.45) is 5.73 Å². The molecule has 2 aromatic rings. The highest BCUT2D eigenvalue weighted by Crippen LogP contribution is 2.23. The van der Waals surface area contributed by atoms with Crippen LogP contribution in [0.3, 0.4) is 0 Å².